The number of carbonyl (C=O) groups is 1. The van der Waals surface area contributed by atoms with Crippen LogP contribution in [0.5, 0.6) is 0 Å². The molecule has 2 aliphatic heterocycles. The number of ether oxygens (including phenoxy) is 1. The van der Waals surface area contributed by atoms with Crippen LogP contribution >= 0.6 is 0 Å². The first-order valence-corrected chi connectivity index (χ1v) is 12.1. The molecule has 1 amide bonds. The molecule has 16 heteroatoms. The number of anilines is 2. The number of alkyl halides is 4. The number of benzene rings is 1. The fraction of sp³-hybridized carbons (Fsp3) is 0.478. The van der Waals surface area contributed by atoms with E-state index >= 15 is 0 Å². The van der Waals surface area contributed by atoms with Gasteiger partial charge in [-0.25, -0.2) is 19.3 Å². The molecule has 0 bridgehead atoms. The zero-order valence-electron chi connectivity index (χ0n) is 20.7. The number of imidazole rings is 1. The fourth-order valence-corrected chi connectivity index (χ4v) is 4.79. The molecule has 0 aliphatic carbocycles. The van der Waals surface area contributed by atoms with Gasteiger partial charge in [0.1, 0.15) is 11.7 Å². The van der Waals surface area contributed by atoms with Crippen LogP contribution in [0.1, 0.15) is 22.3 Å². The van der Waals surface area contributed by atoms with Gasteiger partial charge in [0.15, 0.2) is 0 Å². The number of hydrogen-bond donors (Lipinski definition) is 1. The summed E-state index contributed by atoms with van der Waals surface area (Å²) in [5.41, 5.74) is -0.755. The first-order valence-electron chi connectivity index (χ1n) is 12.1. The summed E-state index contributed by atoms with van der Waals surface area (Å²) in [6, 6.07) is 2.10. The predicted octanol–water partition coefficient (Wildman–Crippen LogP) is 2.79. The molecule has 1 aromatic carbocycles. The molecule has 0 saturated carbocycles. The van der Waals surface area contributed by atoms with Gasteiger partial charge in [-0.05, 0) is 6.07 Å². The maximum Gasteiger partial charge on any atom is 0.419 e. The van der Waals surface area contributed by atoms with Crippen molar-refractivity contribution in [2.75, 3.05) is 49.6 Å². The van der Waals surface area contributed by atoms with Gasteiger partial charge in [-0.15, -0.1) is 0 Å². The highest BCUT2D eigenvalue weighted by atomic mass is 19.4. The molecule has 12 nitrogen and oxygen atoms in total. The van der Waals surface area contributed by atoms with E-state index in [4.69, 9.17) is 4.74 Å². The highest BCUT2D eigenvalue weighted by Gasteiger charge is 2.34. The summed E-state index contributed by atoms with van der Waals surface area (Å²) >= 11 is 0. The molecule has 2 atom stereocenters. The number of nitro groups is 1. The maximum atomic E-state index is 14.8. The number of hydrogen-bond acceptors (Lipinski definition) is 9. The van der Waals surface area contributed by atoms with Crippen molar-refractivity contribution in [1.29, 1.82) is 0 Å². The number of nitrogens with zero attached hydrogens (tertiary/aromatic N) is 7. The van der Waals surface area contributed by atoms with Crippen LogP contribution in [0.4, 0.5) is 35.1 Å². The number of halogens is 4. The number of aryl methyl sites for hydroxylation is 1. The number of nitro benzene ring substituents is 1. The number of carbonyl (C=O) groups excluding carboxylic acids is 1. The van der Waals surface area contributed by atoms with Crippen molar-refractivity contribution in [3.05, 3.63) is 45.8 Å². The SMILES string of the molecule is Cn1c(N2C[C@H](F)C[C@@H](Nc3ncc(C(F)(F)F)cn3)C2)nc2cc([N+](=O)[O-])c(C(=O)N3CCOCC3)cc21. The summed E-state index contributed by atoms with van der Waals surface area (Å²) in [4.78, 5) is 39.3. The first-order chi connectivity index (χ1) is 18.5. The molecule has 4 heterocycles. The maximum absolute atomic E-state index is 14.8. The second-order valence-electron chi connectivity index (χ2n) is 9.36. The lowest BCUT2D eigenvalue weighted by Gasteiger charge is -2.35. The standard InChI is InChI=1S/C23H24F4N8O4/c1-32-19-7-16(20(36)33-2-4-39-5-3-33)18(35(37)38)8-17(19)31-22(32)34-11-14(24)6-15(12-34)30-21-28-9-13(10-29-21)23(25,26)27/h7-10,14-15H,2-6,11-12H2,1H3,(H,28,29,30)/t14-,15-/m1/s1. The minimum atomic E-state index is -4.58. The van der Waals surface area contributed by atoms with Crippen molar-refractivity contribution in [3.8, 4) is 0 Å². The summed E-state index contributed by atoms with van der Waals surface area (Å²) in [5, 5.41) is 14.7. The van der Waals surface area contributed by atoms with Crippen LogP contribution in [0.25, 0.3) is 11.0 Å². The van der Waals surface area contributed by atoms with Crippen LogP contribution in [-0.4, -0.2) is 86.9 Å². The molecule has 3 aromatic rings. The molecule has 2 saturated heterocycles. The van der Waals surface area contributed by atoms with Gasteiger partial charge in [0, 0.05) is 57.6 Å². The summed E-state index contributed by atoms with van der Waals surface area (Å²) < 4.78 is 60.0. The van der Waals surface area contributed by atoms with E-state index in [1.54, 1.807) is 16.5 Å². The Morgan fingerprint density at radius 2 is 1.87 bits per heavy atom. The van der Waals surface area contributed by atoms with Gasteiger partial charge in [0.2, 0.25) is 11.9 Å². The Balaban J connectivity index is 1.41. The second-order valence-corrected chi connectivity index (χ2v) is 9.36. The van der Waals surface area contributed by atoms with Gasteiger partial charge in [-0.1, -0.05) is 0 Å². The number of piperidine rings is 1. The van der Waals surface area contributed by atoms with Crippen molar-refractivity contribution in [1.82, 2.24) is 24.4 Å². The Bertz CT molecular complexity index is 1390. The van der Waals surface area contributed by atoms with Crippen molar-refractivity contribution < 1.29 is 32.0 Å². The summed E-state index contributed by atoms with van der Waals surface area (Å²) in [6.45, 7) is 1.49. The third kappa shape index (κ3) is 5.41. The van der Waals surface area contributed by atoms with E-state index in [0.29, 0.717) is 50.2 Å². The predicted molar refractivity (Wildman–Crippen MR) is 130 cm³/mol. The molecule has 1 N–H and O–H groups in total. The van der Waals surface area contributed by atoms with E-state index in [1.807, 2.05) is 0 Å². The highest BCUT2D eigenvalue weighted by molar-refractivity contribution is 6.02. The van der Waals surface area contributed by atoms with Gasteiger partial charge in [0.25, 0.3) is 11.6 Å². The van der Waals surface area contributed by atoms with Crippen LogP contribution in [0.2, 0.25) is 0 Å². The highest BCUT2D eigenvalue weighted by Crippen LogP contribution is 2.32. The quantitative estimate of drug-likeness (QED) is 0.288. The topological polar surface area (TPSA) is 132 Å². The summed E-state index contributed by atoms with van der Waals surface area (Å²) in [7, 11) is 1.66. The van der Waals surface area contributed by atoms with Crippen molar-refractivity contribution in [2.45, 2.75) is 24.8 Å². The lowest BCUT2D eigenvalue weighted by atomic mass is 10.0. The van der Waals surface area contributed by atoms with Crippen LogP contribution in [0, 0.1) is 10.1 Å². The molecular formula is C23H24F4N8O4. The number of morpholine rings is 1. The molecular weight excluding hydrogens is 528 g/mol. The van der Waals surface area contributed by atoms with Crippen molar-refractivity contribution in [2.24, 2.45) is 7.05 Å². The molecule has 0 radical (unpaired) electrons. The zero-order valence-corrected chi connectivity index (χ0v) is 20.7. The van der Waals surface area contributed by atoms with Crippen LogP contribution in [0.3, 0.4) is 0 Å². The Morgan fingerprint density at radius 1 is 1.18 bits per heavy atom. The Hall–Kier alpha value is -4.08. The van der Waals surface area contributed by atoms with Crippen LogP contribution in [0.15, 0.2) is 24.5 Å². The largest absolute Gasteiger partial charge is 0.419 e. The number of aromatic nitrogens is 4. The number of nitrogens with one attached hydrogen (secondary N) is 1. The van der Waals surface area contributed by atoms with Crippen LogP contribution < -0.4 is 10.2 Å². The van der Waals surface area contributed by atoms with Gasteiger partial charge in [-0.2, -0.15) is 13.2 Å². The smallest absolute Gasteiger partial charge is 0.378 e. The third-order valence-electron chi connectivity index (χ3n) is 6.69. The average molecular weight is 552 g/mol. The van der Waals surface area contributed by atoms with E-state index in [0.717, 1.165) is 0 Å². The Labute approximate surface area is 218 Å². The van der Waals surface area contributed by atoms with Gasteiger partial charge in [-0.3, -0.25) is 14.9 Å². The molecule has 39 heavy (non-hydrogen) atoms. The minimum absolute atomic E-state index is 0.0229. The minimum Gasteiger partial charge on any atom is -0.378 e. The fourth-order valence-electron chi connectivity index (χ4n) is 4.79. The van der Waals surface area contributed by atoms with E-state index in [1.165, 1.54) is 17.0 Å². The van der Waals surface area contributed by atoms with E-state index < -0.39 is 34.8 Å². The van der Waals surface area contributed by atoms with Crippen molar-refractivity contribution >= 4 is 34.5 Å². The Morgan fingerprint density at radius 3 is 2.51 bits per heavy atom. The summed E-state index contributed by atoms with van der Waals surface area (Å²) in [6.07, 6.45) is -4.52. The summed E-state index contributed by atoms with van der Waals surface area (Å²) in [5.74, 6) is -0.246. The van der Waals surface area contributed by atoms with E-state index in [9.17, 15) is 32.5 Å². The average Bonchev–Trinajstić information content (AvgIpc) is 3.23. The van der Waals surface area contributed by atoms with E-state index in [2.05, 4.69) is 20.3 Å². The third-order valence-corrected chi connectivity index (χ3v) is 6.69. The zero-order chi connectivity index (χ0) is 27.9. The number of amides is 1. The number of rotatable bonds is 5. The lowest BCUT2D eigenvalue weighted by molar-refractivity contribution is -0.385. The molecule has 2 aliphatic rings. The molecule has 5 rings (SSSR count). The molecule has 0 spiro atoms. The van der Waals surface area contributed by atoms with Crippen molar-refractivity contribution in [3.63, 3.8) is 0 Å². The molecule has 2 aromatic heterocycles. The van der Waals surface area contributed by atoms with E-state index in [-0.39, 0.29) is 42.2 Å². The second kappa shape index (κ2) is 10.2. The van der Waals surface area contributed by atoms with Gasteiger partial charge >= 0.3 is 6.18 Å². The normalized spacial score (nSPS) is 20.3. The monoisotopic (exact) mass is 552 g/mol. The first kappa shape index (κ1) is 26.5. The van der Waals surface area contributed by atoms with Gasteiger partial charge < -0.3 is 24.4 Å². The molecule has 0 unspecified atom stereocenters. The van der Waals surface area contributed by atoms with Gasteiger partial charge in [0.05, 0.1) is 41.3 Å². The lowest BCUT2D eigenvalue weighted by Crippen LogP contribution is -2.48. The van der Waals surface area contributed by atoms with Crippen LogP contribution in [-0.2, 0) is 18.0 Å². The molecule has 2 fully saturated rings. The molecule has 208 valence electrons. The number of fused-ring (bicyclic) bond motifs is 1. The Kier molecular flexibility index (Phi) is 6.96.